The van der Waals surface area contributed by atoms with Crippen LogP contribution in [0.25, 0.3) is 0 Å². The second-order valence-electron chi connectivity index (χ2n) is 5.61. The van der Waals surface area contributed by atoms with Crippen LogP contribution in [0.3, 0.4) is 0 Å². The summed E-state index contributed by atoms with van der Waals surface area (Å²) in [5, 5.41) is 0. The highest BCUT2D eigenvalue weighted by Crippen LogP contribution is 2.28. The van der Waals surface area contributed by atoms with Crippen molar-refractivity contribution in [3.8, 4) is 0 Å². The topological polar surface area (TPSA) is 17.8 Å². The van der Waals surface area contributed by atoms with Gasteiger partial charge in [-0.15, -0.1) is 0 Å². The van der Waals surface area contributed by atoms with Gasteiger partial charge in [0.25, 0.3) is 0 Å². The van der Waals surface area contributed by atoms with Crippen LogP contribution in [0.2, 0.25) is 0 Å². The molecule has 3 heteroatoms. The second kappa shape index (κ2) is 3.93. The average Bonchev–Trinajstić information content (AvgIpc) is 2.42. The summed E-state index contributed by atoms with van der Waals surface area (Å²) in [6, 6.07) is 0. The van der Waals surface area contributed by atoms with E-state index >= 15 is 0 Å². The number of imidazole rings is 1. The van der Waals surface area contributed by atoms with Crippen molar-refractivity contribution >= 4 is 15.9 Å². The monoisotopic (exact) mass is 270 g/mol. The Morgan fingerprint density at radius 3 is 2.73 bits per heavy atom. The molecule has 1 aliphatic heterocycles. The number of halogens is 1. The molecule has 84 valence electrons. The van der Waals surface area contributed by atoms with E-state index in [2.05, 4.69) is 46.3 Å². The normalized spacial score (nSPS) is 16.5. The van der Waals surface area contributed by atoms with Gasteiger partial charge in [-0.1, -0.05) is 20.8 Å². The molecule has 0 radical (unpaired) electrons. The number of aromatic nitrogens is 2. The number of hydrogen-bond donors (Lipinski definition) is 0. The van der Waals surface area contributed by atoms with E-state index in [0.717, 1.165) is 17.6 Å². The van der Waals surface area contributed by atoms with Gasteiger partial charge in [-0.05, 0) is 40.6 Å². The van der Waals surface area contributed by atoms with Crippen LogP contribution in [-0.2, 0) is 19.4 Å². The molecule has 1 aromatic heterocycles. The van der Waals surface area contributed by atoms with Crippen molar-refractivity contribution in [2.45, 2.75) is 53.0 Å². The Morgan fingerprint density at radius 2 is 2.07 bits per heavy atom. The molecule has 0 spiro atoms. The summed E-state index contributed by atoms with van der Waals surface area (Å²) in [6.45, 7) is 7.96. The molecule has 1 aromatic rings. The Balaban J connectivity index is 2.32. The second-order valence-corrected chi connectivity index (χ2v) is 6.36. The maximum absolute atomic E-state index is 4.66. The van der Waals surface area contributed by atoms with Crippen LogP contribution in [0.4, 0.5) is 0 Å². The van der Waals surface area contributed by atoms with Gasteiger partial charge in [0.1, 0.15) is 10.4 Å². The highest BCUT2D eigenvalue weighted by molar-refractivity contribution is 9.10. The van der Waals surface area contributed by atoms with Crippen LogP contribution in [-0.4, -0.2) is 9.55 Å². The first-order valence-corrected chi connectivity index (χ1v) is 6.50. The quantitative estimate of drug-likeness (QED) is 0.763. The largest absolute Gasteiger partial charge is 0.331 e. The lowest BCUT2D eigenvalue weighted by atomic mass is 9.92. The average molecular weight is 271 g/mol. The third kappa shape index (κ3) is 2.44. The minimum atomic E-state index is 0.318. The van der Waals surface area contributed by atoms with Gasteiger partial charge in [-0.3, -0.25) is 0 Å². The van der Waals surface area contributed by atoms with E-state index in [4.69, 9.17) is 0 Å². The van der Waals surface area contributed by atoms with Gasteiger partial charge in [0, 0.05) is 13.0 Å². The molecule has 0 amide bonds. The molecule has 0 unspecified atom stereocenters. The van der Waals surface area contributed by atoms with Gasteiger partial charge in [-0.2, -0.15) is 0 Å². The molecule has 0 fully saturated rings. The van der Waals surface area contributed by atoms with Gasteiger partial charge in [-0.25, -0.2) is 4.98 Å². The predicted octanol–water partition coefficient (Wildman–Crippen LogP) is 3.57. The number of hydrogen-bond acceptors (Lipinski definition) is 1. The molecule has 15 heavy (non-hydrogen) atoms. The molecule has 0 aromatic carbocycles. The molecule has 0 aliphatic carbocycles. The molecule has 0 atom stereocenters. The number of nitrogens with zero attached hydrogens (tertiary/aromatic N) is 2. The molecule has 0 N–H and O–H groups in total. The zero-order chi connectivity index (χ0) is 11.1. The molecular formula is C12H19BrN2. The fourth-order valence-corrected chi connectivity index (χ4v) is 2.80. The van der Waals surface area contributed by atoms with E-state index in [1.165, 1.54) is 30.8 Å². The van der Waals surface area contributed by atoms with Gasteiger partial charge >= 0.3 is 0 Å². The minimum Gasteiger partial charge on any atom is -0.331 e. The first-order chi connectivity index (χ1) is 6.97. The summed E-state index contributed by atoms with van der Waals surface area (Å²) in [4.78, 5) is 4.66. The van der Waals surface area contributed by atoms with Crippen LogP contribution in [0.1, 0.15) is 45.1 Å². The zero-order valence-electron chi connectivity index (χ0n) is 9.81. The highest BCUT2D eigenvalue weighted by atomic mass is 79.9. The Hall–Kier alpha value is -0.310. The third-order valence-corrected chi connectivity index (χ3v) is 3.47. The Bertz CT molecular complexity index is 360. The van der Waals surface area contributed by atoms with Crippen LogP contribution in [0.15, 0.2) is 4.60 Å². The van der Waals surface area contributed by atoms with E-state index in [1.807, 2.05) is 0 Å². The smallest absolute Gasteiger partial charge is 0.127 e. The van der Waals surface area contributed by atoms with Crippen molar-refractivity contribution in [3.63, 3.8) is 0 Å². The summed E-state index contributed by atoms with van der Waals surface area (Å²) in [5.74, 6) is 1.25. The number of rotatable bonds is 1. The van der Waals surface area contributed by atoms with E-state index in [-0.39, 0.29) is 0 Å². The lowest BCUT2D eigenvalue weighted by Crippen LogP contribution is -2.18. The SMILES string of the molecule is CC(C)(C)Cc1nc(Br)c2n1CCCC2. The standard InChI is InChI=1S/C12H19BrN2/c1-12(2,3)8-10-14-11(13)9-6-4-5-7-15(9)10/h4-8H2,1-3H3. The van der Waals surface area contributed by atoms with Crippen molar-refractivity contribution in [1.29, 1.82) is 0 Å². The first kappa shape index (κ1) is 11.2. The maximum atomic E-state index is 4.66. The van der Waals surface area contributed by atoms with E-state index < -0.39 is 0 Å². The van der Waals surface area contributed by atoms with Gasteiger partial charge in [0.05, 0.1) is 5.69 Å². The Kier molecular flexibility index (Phi) is 2.93. The number of fused-ring (bicyclic) bond motifs is 1. The summed E-state index contributed by atoms with van der Waals surface area (Å²) in [6.07, 6.45) is 4.84. The molecule has 0 saturated carbocycles. The minimum absolute atomic E-state index is 0.318. The van der Waals surface area contributed by atoms with Crippen molar-refractivity contribution in [2.75, 3.05) is 0 Å². The maximum Gasteiger partial charge on any atom is 0.127 e. The van der Waals surface area contributed by atoms with Crippen LogP contribution in [0, 0.1) is 5.41 Å². The van der Waals surface area contributed by atoms with Gasteiger partial charge < -0.3 is 4.57 Å². The van der Waals surface area contributed by atoms with Crippen LogP contribution in [0.5, 0.6) is 0 Å². The fourth-order valence-electron chi connectivity index (χ4n) is 2.18. The molecule has 2 rings (SSSR count). The highest BCUT2D eigenvalue weighted by Gasteiger charge is 2.22. The first-order valence-electron chi connectivity index (χ1n) is 5.71. The molecule has 1 aliphatic rings. The molecule has 2 heterocycles. The van der Waals surface area contributed by atoms with Crippen molar-refractivity contribution in [1.82, 2.24) is 9.55 Å². The summed E-state index contributed by atoms with van der Waals surface area (Å²) >= 11 is 3.58. The lowest BCUT2D eigenvalue weighted by molar-refractivity contribution is 0.384. The van der Waals surface area contributed by atoms with Crippen molar-refractivity contribution in [2.24, 2.45) is 5.41 Å². The van der Waals surface area contributed by atoms with Crippen LogP contribution >= 0.6 is 15.9 Å². The van der Waals surface area contributed by atoms with E-state index in [9.17, 15) is 0 Å². The fraction of sp³-hybridized carbons (Fsp3) is 0.750. The van der Waals surface area contributed by atoms with Crippen LogP contribution < -0.4 is 0 Å². The molecule has 0 saturated heterocycles. The van der Waals surface area contributed by atoms with Crippen molar-refractivity contribution < 1.29 is 0 Å². The summed E-state index contributed by atoms with van der Waals surface area (Å²) in [5.41, 5.74) is 1.72. The van der Waals surface area contributed by atoms with Gasteiger partial charge in [0.2, 0.25) is 0 Å². The zero-order valence-corrected chi connectivity index (χ0v) is 11.4. The van der Waals surface area contributed by atoms with E-state index in [0.29, 0.717) is 5.41 Å². The molecular weight excluding hydrogens is 252 g/mol. The van der Waals surface area contributed by atoms with Crippen molar-refractivity contribution in [3.05, 3.63) is 16.1 Å². The van der Waals surface area contributed by atoms with Gasteiger partial charge in [0.15, 0.2) is 0 Å². The molecule has 0 bridgehead atoms. The van der Waals surface area contributed by atoms with E-state index in [1.54, 1.807) is 0 Å². The summed E-state index contributed by atoms with van der Waals surface area (Å²) < 4.78 is 3.49. The molecule has 2 nitrogen and oxygen atoms in total. The third-order valence-electron chi connectivity index (χ3n) is 2.84. The predicted molar refractivity (Wildman–Crippen MR) is 66.0 cm³/mol. The Labute approximate surface area is 100 Å². The Morgan fingerprint density at radius 1 is 1.33 bits per heavy atom. The lowest BCUT2D eigenvalue weighted by Gasteiger charge is -2.21. The summed E-state index contributed by atoms with van der Waals surface area (Å²) in [7, 11) is 0.